The van der Waals surface area contributed by atoms with Crippen molar-refractivity contribution in [3.05, 3.63) is 59.2 Å². The number of ether oxygens (including phenoxy) is 2. The molecule has 1 heterocycles. The van der Waals surface area contributed by atoms with Crippen LogP contribution in [0.5, 0.6) is 11.5 Å². The molecule has 0 aromatic heterocycles. The van der Waals surface area contributed by atoms with Gasteiger partial charge in [0.2, 0.25) is 0 Å². The van der Waals surface area contributed by atoms with Crippen LogP contribution >= 0.6 is 0 Å². The zero-order chi connectivity index (χ0) is 19.1. The standard InChI is InChI=1S/C22H28N2O3/c1-26-20-10-9-19(14-21(20)27-2)22(25)23-15-17-7-6-8-18(13-17)16-24-11-4-3-5-12-24/h6-10,13-14H,3-5,11-12,15-16H2,1-2H3,(H,23,25). The van der Waals surface area contributed by atoms with Gasteiger partial charge in [-0.2, -0.15) is 0 Å². The summed E-state index contributed by atoms with van der Waals surface area (Å²) in [4.78, 5) is 15.0. The van der Waals surface area contributed by atoms with Crippen LogP contribution in [0.4, 0.5) is 0 Å². The molecule has 1 aliphatic rings. The quantitative estimate of drug-likeness (QED) is 0.811. The number of amides is 1. The summed E-state index contributed by atoms with van der Waals surface area (Å²) in [6.45, 7) is 3.85. The smallest absolute Gasteiger partial charge is 0.251 e. The Morgan fingerprint density at radius 3 is 2.44 bits per heavy atom. The van der Waals surface area contributed by atoms with Crippen molar-refractivity contribution in [3.63, 3.8) is 0 Å². The minimum Gasteiger partial charge on any atom is -0.493 e. The van der Waals surface area contributed by atoms with E-state index in [4.69, 9.17) is 9.47 Å². The minimum absolute atomic E-state index is 0.127. The Morgan fingerprint density at radius 1 is 0.963 bits per heavy atom. The van der Waals surface area contributed by atoms with Crippen molar-refractivity contribution in [2.45, 2.75) is 32.4 Å². The van der Waals surface area contributed by atoms with Crippen molar-refractivity contribution in [2.24, 2.45) is 0 Å². The third kappa shape index (κ3) is 5.23. The molecule has 0 radical (unpaired) electrons. The molecule has 144 valence electrons. The van der Waals surface area contributed by atoms with Crippen LogP contribution in [-0.2, 0) is 13.1 Å². The second-order valence-electron chi connectivity index (χ2n) is 6.91. The molecule has 0 unspecified atom stereocenters. The van der Waals surface area contributed by atoms with Crippen LogP contribution in [0.3, 0.4) is 0 Å². The van der Waals surface area contributed by atoms with Crippen molar-refractivity contribution in [1.29, 1.82) is 0 Å². The van der Waals surface area contributed by atoms with Crippen LogP contribution in [0.15, 0.2) is 42.5 Å². The third-order valence-electron chi connectivity index (χ3n) is 4.95. The molecule has 2 aromatic rings. The Bertz CT molecular complexity index is 770. The van der Waals surface area contributed by atoms with Gasteiger partial charge in [0.15, 0.2) is 11.5 Å². The van der Waals surface area contributed by atoms with E-state index in [-0.39, 0.29) is 5.91 Å². The fourth-order valence-electron chi connectivity index (χ4n) is 3.48. The highest BCUT2D eigenvalue weighted by molar-refractivity contribution is 5.94. The maximum atomic E-state index is 12.5. The Balaban J connectivity index is 1.59. The zero-order valence-corrected chi connectivity index (χ0v) is 16.2. The van der Waals surface area contributed by atoms with Gasteiger partial charge in [-0.15, -0.1) is 0 Å². The number of hydrogen-bond donors (Lipinski definition) is 1. The summed E-state index contributed by atoms with van der Waals surface area (Å²) >= 11 is 0. The van der Waals surface area contributed by atoms with E-state index in [9.17, 15) is 4.79 Å². The topological polar surface area (TPSA) is 50.8 Å². The normalized spacial score (nSPS) is 14.6. The molecular formula is C22H28N2O3. The molecule has 0 spiro atoms. The highest BCUT2D eigenvalue weighted by Crippen LogP contribution is 2.27. The molecule has 27 heavy (non-hydrogen) atoms. The van der Waals surface area contributed by atoms with E-state index in [1.807, 2.05) is 0 Å². The number of nitrogens with zero attached hydrogens (tertiary/aromatic N) is 1. The molecule has 2 aromatic carbocycles. The SMILES string of the molecule is COc1ccc(C(=O)NCc2cccc(CN3CCCCC3)c2)cc1OC. The Morgan fingerprint density at radius 2 is 1.70 bits per heavy atom. The molecule has 0 bridgehead atoms. The molecule has 5 heteroatoms. The molecule has 0 saturated carbocycles. The van der Waals surface area contributed by atoms with E-state index in [1.54, 1.807) is 32.4 Å². The van der Waals surface area contributed by atoms with Crippen LogP contribution in [0, 0.1) is 0 Å². The first kappa shape index (κ1) is 19.2. The molecule has 1 saturated heterocycles. The van der Waals surface area contributed by atoms with E-state index in [0.29, 0.717) is 23.6 Å². The molecule has 3 rings (SSSR count). The summed E-state index contributed by atoms with van der Waals surface area (Å²) in [7, 11) is 3.14. The number of piperidine rings is 1. The number of methoxy groups -OCH3 is 2. The number of likely N-dealkylation sites (tertiary alicyclic amines) is 1. The lowest BCUT2D eigenvalue weighted by atomic mass is 10.1. The largest absolute Gasteiger partial charge is 0.493 e. The number of carbonyl (C=O) groups excluding carboxylic acids is 1. The van der Waals surface area contributed by atoms with Crippen LogP contribution < -0.4 is 14.8 Å². The zero-order valence-electron chi connectivity index (χ0n) is 16.2. The molecule has 0 aliphatic carbocycles. The van der Waals surface area contributed by atoms with Gasteiger partial charge in [0.1, 0.15) is 0 Å². The summed E-state index contributed by atoms with van der Waals surface area (Å²) in [6.07, 6.45) is 3.93. The number of benzene rings is 2. The highest BCUT2D eigenvalue weighted by atomic mass is 16.5. The average Bonchev–Trinajstić information content (AvgIpc) is 2.72. The monoisotopic (exact) mass is 368 g/mol. The van der Waals surface area contributed by atoms with Gasteiger partial charge in [-0.05, 0) is 55.3 Å². The molecule has 1 N–H and O–H groups in total. The van der Waals surface area contributed by atoms with Gasteiger partial charge < -0.3 is 14.8 Å². The Hall–Kier alpha value is -2.53. The molecule has 1 aliphatic heterocycles. The maximum absolute atomic E-state index is 12.5. The summed E-state index contributed by atoms with van der Waals surface area (Å²) in [5.41, 5.74) is 2.96. The van der Waals surface area contributed by atoms with Crippen molar-refractivity contribution >= 4 is 5.91 Å². The van der Waals surface area contributed by atoms with Gasteiger partial charge in [0, 0.05) is 18.7 Å². The number of nitrogens with one attached hydrogen (secondary N) is 1. The number of hydrogen-bond acceptors (Lipinski definition) is 4. The fraction of sp³-hybridized carbons (Fsp3) is 0.409. The molecule has 1 amide bonds. The summed E-state index contributed by atoms with van der Waals surface area (Å²) in [6, 6.07) is 13.6. The first-order chi connectivity index (χ1) is 13.2. The van der Waals surface area contributed by atoms with E-state index in [0.717, 1.165) is 12.1 Å². The van der Waals surface area contributed by atoms with Gasteiger partial charge >= 0.3 is 0 Å². The molecule has 5 nitrogen and oxygen atoms in total. The summed E-state index contributed by atoms with van der Waals surface area (Å²) in [5, 5.41) is 2.99. The highest BCUT2D eigenvalue weighted by Gasteiger charge is 2.12. The van der Waals surface area contributed by atoms with E-state index < -0.39 is 0 Å². The molecule has 1 fully saturated rings. The lowest BCUT2D eigenvalue weighted by Crippen LogP contribution is -2.29. The minimum atomic E-state index is -0.127. The van der Waals surface area contributed by atoms with Crippen molar-refractivity contribution in [3.8, 4) is 11.5 Å². The van der Waals surface area contributed by atoms with Gasteiger partial charge in [0.25, 0.3) is 5.91 Å². The van der Waals surface area contributed by atoms with E-state index in [2.05, 4.69) is 34.5 Å². The predicted molar refractivity (Wildman–Crippen MR) is 106 cm³/mol. The van der Waals surface area contributed by atoms with E-state index >= 15 is 0 Å². The number of carbonyl (C=O) groups is 1. The van der Waals surface area contributed by atoms with Gasteiger partial charge in [-0.3, -0.25) is 9.69 Å². The molecular weight excluding hydrogens is 340 g/mol. The first-order valence-electron chi connectivity index (χ1n) is 9.50. The van der Waals surface area contributed by atoms with Crippen LogP contribution in [0.2, 0.25) is 0 Å². The average molecular weight is 368 g/mol. The summed E-state index contributed by atoms with van der Waals surface area (Å²) in [5.74, 6) is 1.03. The van der Waals surface area contributed by atoms with Gasteiger partial charge in [-0.1, -0.05) is 30.7 Å². The lowest BCUT2D eigenvalue weighted by molar-refractivity contribution is 0.0950. The number of rotatable bonds is 7. The van der Waals surface area contributed by atoms with E-state index in [1.165, 1.54) is 37.9 Å². The molecule has 0 atom stereocenters. The third-order valence-corrected chi connectivity index (χ3v) is 4.95. The van der Waals surface area contributed by atoms with Crippen molar-refractivity contribution in [2.75, 3.05) is 27.3 Å². The Kier molecular flexibility index (Phi) is 6.71. The second-order valence-corrected chi connectivity index (χ2v) is 6.91. The van der Waals surface area contributed by atoms with Crippen molar-refractivity contribution < 1.29 is 14.3 Å². The van der Waals surface area contributed by atoms with Crippen molar-refractivity contribution in [1.82, 2.24) is 10.2 Å². The second kappa shape index (κ2) is 9.42. The first-order valence-corrected chi connectivity index (χ1v) is 9.50. The van der Waals surface area contributed by atoms with Crippen LogP contribution in [0.1, 0.15) is 40.7 Å². The Labute approximate surface area is 161 Å². The fourth-order valence-corrected chi connectivity index (χ4v) is 3.48. The predicted octanol–water partition coefficient (Wildman–Crippen LogP) is 3.62. The van der Waals surface area contributed by atoms with Crippen LogP contribution in [-0.4, -0.2) is 38.1 Å². The summed E-state index contributed by atoms with van der Waals surface area (Å²) < 4.78 is 10.5. The maximum Gasteiger partial charge on any atom is 0.251 e. The van der Waals surface area contributed by atoms with Crippen LogP contribution in [0.25, 0.3) is 0 Å². The lowest BCUT2D eigenvalue weighted by Gasteiger charge is -2.26. The van der Waals surface area contributed by atoms with Gasteiger partial charge in [0.05, 0.1) is 14.2 Å². The van der Waals surface area contributed by atoms with Gasteiger partial charge in [-0.25, -0.2) is 0 Å².